The summed E-state index contributed by atoms with van der Waals surface area (Å²) in [6, 6.07) is 3.35. The topological polar surface area (TPSA) is 129 Å². The van der Waals surface area contributed by atoms with Crippen molar-refractivity contribution >= 4 is 23.3 Å². The van der Waals surface area contributed by atoms with E-state index in [1.807, 2.05) is 0 Å². The molecule has 2 unspecified atom stereocenters. The predicted molar refractivity (Wildman–Crippen MR) is 90.7 cm³/mol. The quantitative estimate of drug-likeness (QED) is 0.352. The number of rotatable bonds is 5. The molecule has 0 aliphatic carbocycles. The van der Waals surface area contributed by atoms with Crippen LogP contribution in [0.3, 0.4) is 0 Å². The van der Waals surface area contributed by atoms with Gasteiger partial charge in [0.25, 0.3) is 5.69 Å². The number of aliphatic carboxylic acids is 1. The third kappa shape index (κ3) is 2.73. The molecule has 136 valence electrons. The van der Waals surface area contributed by atoms with E-state index in [0.29, 0.717) is 5.56 Å². The van der Waals surface area contributed by atoms with Gasteiger partial charge in [-0.2, -0.15) is 0 Å². The molecule has 1 aromatic heterocycles. The molecule has 1 N–H and O–H groups in total. The molecule has 0 spiro atoms. The second-order valence-electron chi connectivity index (χ2n) is 5.56. The van der Waals surface area contributed by atoms with Crippen molar-refractivity contribution in [3.8, 4) is 0 Å². The number of carbonyl (C=O) groups is 1. The van der Waals surface area contributed by atoms with E-state index in [9.17, 15) is 29.6 Å². The molecule has 1 aliphatic heterocycles. The molecule has 26 heavy (non-hydrogen) atoms. The minimum Gasteiger partial charge on any atom is -0.479 e. The molecule has 2 atom stereocenters. The molecule has 11 heteroatoms. The second-order valence-corrected chi connectivity index (χ2v) is 5.93. The fraction of sp³-hybridized carbons (Fsp3) is 0.267. The highest BCUT2D eigenvalue weighted by Crippen LogP contribution is 2.26. The van der Waals surface area contributed by atoms with Gasteiger partial charge in [0, 0.05) is 24.6 Å². The Labute approximate surface area is 150 Å². The first-order chi connectivity index (χ1) is 12.4. The Morgan fingerprint density at radius 3 is 2.31 bits per heavy atom. The summed E-state index contributed by atoms with van der Waals surface area (Å²) in [4.78, 5) is 46.9. The number of nitro benzene ring substituents is 1. The van der Waals surface area contributed by atoms with Gasteiger partial charge in [-0.3, -0.25) is 10.1 Å². The van der Waals surface area contributed by atoms with Crippen LogP contribution >= 0.6 is 11.6 Å². The first-order valence-electron chi connectivity index (χ1n) is 7.52. The van der Waals surface area contributed by atoms with Gasteiger partial charge >= 0.3 is 17.3 Å². The number of fused-ring (bicyclic) bond motifs is 1. The zero-order valence-electron chi connectivity index (χ0n) is 13.2. The van der Waals surface area contributed by atoms with Crippen molar-refractivity contribution in [2.24, 2.45) is 0 Å². The van der Waals surface area contributed by atoms with Crippen LogP contribution in [0.1, 0.15) is 17.6 Å². The van der Waals surface area contributed by atoms with Crippen molar-refractivity contribution in [2.75, 3.05) is 5.88 Å². The summed E-state index contributed by atoms with van der Waals surface area (Å²) < 4.78 is 2.77. The number of nitrogens with zero attached hydrogens (tertiary/aromatic N) is 4. The summed E-state index contributed by atoms with van der Waals surface area (Å²) in [6.45, 7) is -0.0639. The summed E-state index contributed by atoms with van der Waals surface area (Å²) in [5, 5.41) is 20.1. The number of allylic oxidation sites excluding steroid dienone is 1. The van der Waals surface area contributed by atoms with Gasteiger partial charge in [0.15, 0.2) is 6.04 Å². The van der Waals surface area contributed by atoms with Crippen LogP contribution in [0.2, 0.25) is 0 Å². The van der Waals surface area contributed by atoms with E-state index < -0.39 is 34.4 Å². The van der Waals surface area contributed by atoms with Crippen LogP contribution in [0.4, 0.5) is 5.69 Å². The van der Waals surface area contributed by atoms with Gasteiger partial charge in [-0.05, 0) is 17.7 Å². The number of alkyl halides is 1. The molecule has 1 aromatic carbocycles. The summed E-state index contributed by atoms with van der Waals surface area (Å²) >= 11 is 5.63. The largest absolute Gasteiger partial charge is 0.479 e. The molecule has 0 saturated carbocycles. The first kappa shape index (κ1) is 17.7. The standard InChI is InChI=1S/C15H13ClN4O6/c16-7-8-17-14(23)18-11(9-1-3-10(4-2-9)20(25)26)5-6-12(13(21)22)19(18)15(17)24/h1-6,11-12H,7-8H2,(H,21,22). The minimum absolute atomic E-state index is 0.00647. The van der Waals surface area contributed by atoms with E-state index in [2.05, 4.69) is 0 Å². The monoisotopic (exact) mass is 380 g/mol. The number of aromatic nitrogens is 3. The Bertz CT molecular complexity index is 1020. The van der Waals surface area contributed by atoms with E-state index >= 15 is 0 Å². The lowest BCUT2D eigenvalue weighted by Crippen LogP contribution is -2.38. The number of nitro groups is 1. The maximum atomic E-state index is 12.7. The zero-order valence-corrected chi connectivity index (χ0v) is 13.9. The van der Waals surface area contributed by atoms with Crippen molar-refractivity contribution in [3.05, 3.63) is 73.1 Å². The van der Waals surface area contributed by atoms with Gasteiger partial charge in [-0.15, -0.1) is 11.6 Å². The average molecular weight is 381 g/mol. The van der Waals surface area contributed by atoms with E-state index in [1.54, 1.807) is 0 Å². The van der Waals surface area contributed by atoms with Crippen LogP contribution in [0.25, 0.3) is 0 Å². The molecule has 0 saturated heterocycles. The Balaban J connectivity index is 2.19. The summed E-state index contributed by atoms with van der Waals surface area (Å²) in [5.41, 5.74) is -1.11. The molecule has 3 rings (SSSR count). The normalized spacial score (nSPS) is 18.5. The number of carboxylic acid groups (broad SMARTS) is 1. The molecular formula is C15H13ClN4O6. The lowest BCUT2D eigenvalue weighted by atomic mass is 10.0. The molecule has 10 nitrogen and oxygen atoms in total. The van der Waals surface area contributed by atoms with E-state index in [-0.39, 0.29) is 18.1 Å². The Kier molecular flexibility index (Phi) is 4.51. The van der Waals surface area contributed by atoms with Crippen LogP contribution < -0.4 is 11.4 Å². The van der Waals surface area contributed by atoms with Crippen molar-refractivity contribution in [1.82, 2.24) is 13.9 Å². The third-order valence-electron chi connectivity index (χ3n) is 4.10. The van der Waals surface area contributed by atoms with Gasteiger partial charge in [0.05, 0.1) is 11.0 Å². The Morgan fingerprint density at radius 2 is 1.77 bits per heavy atom. The molecule has 0 bridgehead atoms. The lowest BCUT2D eigenvalue weighted by molar-refractivity contribution is -0.384. The average Bonchev–Trinajstić information content (AvgIpc) is 2.87. The Hall–Kier alpha value is -3.14. The predicted octanol–water partition coefficient (Wildman–Crippen LogP) is 0.743. The van der Waals surface area contributed by atoms with Gasteiger partial charge in [0.2, 0.25) is 0 Å². The fourth-order valence-corrected chi connectivity index (χ4v) is 3.07. The summed E-state index contributed by atoms with van der Waals surface area (Å²) in [6.07, 6.45) is 2.78. The summed E-state index contributed by atoms with van der Waals surface area (Å²) in [7, 11) is 0. The van der Waals surface area contributed by atoms with Crippen molar-refractivity contribution < 1.29 is 14.8 Å². The number of non-ortho nitro benzene ring substituents is 1. The zero-order chi connectivity index (χ0) is 19.0. The highest BCUT2D eigenvalue weighted by atomic mass is 35.5. The van der Waals surface area contributed by atoms with Crippen LogP contribution in [0.15, 0.2) is 46.0 Å². The van der Waals surface area contributed by atoms with Gasteiger partial charge in [-0.1, -0.05) is 12.2 Å². The van der Waals surface area contributed by atoms with Crippen molar-refractivity contribution in [2.45, 2.75) is 18.6 Å². The van der Waals surface area contributed by atoms with Crippen LogP contribution in [-0.2, 0) is 11.3 Å². The minimum atomic E-state index is -1.33. The SMILES string of the molecule is O=C(O)C1C=CC(c2ccc([N+](=O)[O-])cc2)n2c(=O)n(CCCl)c(=O)n21. The van der Waals surface area contributed by atoms with Crippen molar-refractivity contribution in [3.63, 3.8) is 0 Å². The van der Waals surface area contributed by atoms with Crippen LogP contribution in [0, 0.1) is 10.1 Å². The van der Waals surface area contributed by atoms with E-state index in [4.69, 9.17) is 11.6 Å². The van der Waals surface area contributed by atoms with Gasteiger partial charge in [0.1, 0.15) is 0 Å². The van der Waals surface area contributed by atoms with Crippen LogP contribution in [-0.4, -0.2) is 35.8 Å². The smallest absolute Gasteiger partial charge is 0.348 e. The maximum absolute atomic E-state index is 12.7. The number of carboxylic acids is 1. The Morgan fingerprint density at radius 1 is 1.15 bits per heavy atom. The highest BCUT2D eigenvalue weighted by Gasteiger charge is 2.33. The number of hydrogen-bond acceptors (Lipinski definition) is 5. The molecule has 0 fully saturated rings. The first-order valence-corrected chi connectivity index (χ1v) is 8.05. The molecule has 2 heterocycles. The fourth-order valence-electron chi connectivity index (χ4n) is 2.90. The maximum Gasteiger partial charge on any atom is 0.348 e. The van der Waals surface area contributed by atoms with E-state index in [1.165, 1.54) is 36.4 Å². The third-order valence-corrected chi connectivity index (χ3v) is 4.26. The number of hydrogen-bond donors (Lipinski definition) is 1. The molecular weight excluding hydrogens is 368 g/mol. The van der Waals surface area contributed by atoms with Gasteiger partial charge in [-0.25, -0.2) is 28.3 Å². The second kappa shape index (κ2) is 6.64. The van der Waals surface area contributed by atoms with Gasteiger partial charge < -0.3 is 5.11 Å². The highest BCUT2D eigenvalue weighted by molar-refractivity contribution is 6.17. The summed E-state index contributed by atoms with van der Waals surface area (Å²) in [5.74, 6) is -1.28. The molecule has 0 radical (unpaired) electrons. The molecule has 2 aromatic rings. The number of halogens is 1. The lowest BCUT2D eigenvalue weighted by Gasteiger charge is -2.24. The number of benzene rings is 1. The molecule has 0 amide bonds. The van der Waals surface area contributed by atoms with Crippen LogP contribution in [0.5, 0.6) is 0 Å². The van der Waals surface area contributed by atoms with E-state index in [0.717, 1.165) is 13.9 Å². The molecule has 1 aliphatic rings. The van der Waals surface area contributed by atoms with Crippen molar-refractivity contribution in [1.29, 1.82) is 0 Å².